The van der Waals surface area contributed by atoms with Crippen molar-refractivity contribution in [2.24, 2.45) is 5.41 Å². The Bertz CT molecular complexity index is 1450. The van der Waals surface area contributed by atoms with Crippen LogP contribution in [-0.4, -0.2) is 34.5 Å². The summed E-state index contributed by atoms with van der Waals surface area (Å²) in [6, 6.07) is 16.6. The Morgan fingerprint density at radius 3 is 0.723 bits per heavy atom. The molecule has 0 amide bonds. The maximum atomic E-state index is 2.77. The number of hydrogen-bond acceptors (Lipinski definition) is 6. The minimum Gasteiger partial charge on any atom is -0.157 e. The Kier molecular flexibility index (Phi) is 8.46. The van der Waals surface area contributed by atoms with Crippen LogP contribution in [0.2, 0.25) is 0 Å². The maximum Gasteiger partial charge on any atom is 0.0258 e. The lowest BCUT2D eigenvalue weighted by molar-refractivity contribution is 0.0997. The quantitative estimate of drug-likeness (QED) is 0.224. The van der Waals surface area contributed by atoms with E-state index in [1.54, 1.807) is 66.8 Å². The van der Waals surface area contributed by atoms with Crippen molar-refractivity contribution < 1.29 is 0 Å². The molecule has 0 radical (unpaired) electrons. The van der Waals surface area contributed by atoms with E-state index in [2.05, 4.69) is 135 Å². The second-order valence-electron chi connectivity index (χ2n) is 15.4. The third-order valence-corrected chi connectivity index (χ3v) is 20.1. The first-order valence-corrected chi connectivity index (χ1v) is 24.7. The SMILES string of the molecule is CC12c3cc4c5cc3C3(C)c6cc(c7cc6C(C)(c6cc(c(cc61)CSCCCSC4)CSCCCSC7)C23C)CSCCCSC5. The standard InChI is InChI=1S/C41H48S6/c1-38-32-14-26-20-42-8-5-9-43-21-27-15-33(38)35-17-29(27)23-45-11-7-13-47-25-31-19-37-36-18-30(31)24-46-12-6-10-44-22-28(26)16-34(32)39(36,2)41(38,4)40(35,37)3/h14-19H,5-13,20-25H2,1-4H3. The summed E-state index contributed by atoms with van der Waals surface area (Å²) in [4.78, 5) is 0. The molecule has 3 aliphatic carbocycles. The van der Waals surface area contributed by atoms with E-state index in [0.717, 1.165) is 34.5 Å². The number of benzene rings is 3. The molecule has 3 heterocycles. The van der Waals surface area contributed by atoms with E-state index in [-0.39, 0.29) is 21.7 Å². The largest absolute Gasteiger partial charge is 0.157 e. The van der Waals surface area contributed by atoms with Crippen molar-refractivity contribution in [1.29, 1.82) is 0 Å². The Hall–Kier alpha value is -0.240. The molecule has 0 saturated carbocycles. The first-order valence-electron chi connectivity index (χ1n) is 17.8. The summed E-state index contributed by atoms with van der Waals surface area (Å²) in [5.74, 6) is 14.5. The van der Waals surface area contributed by atoms with Crippen LogP contribution in [0.5, 0.6) is 0 Å². The highest BCUT2D eigenvalue weighted by Gasteiger charge is 2.80. The molecule has 3 aromatic rings. The summed E-state index contributed by atoms with van der Waals surface area (Å²) in [6.45, 7) is 10.8. The van der Waals surface area contributed by atoms with Gasteiger partial charge in [0.25, 0.3) is 0 Å². The van der Waals surface area contributed by atoms with Crippen molar-refractivity contribution in [3.05, 3.63) is 103 Å². The van der Waals surface area contributed by atoms with Crippen molar-refractivity contribution >= 4 is 70.6 Å². The second kappa shape index (κ2) is 12.2. The minimum absolute atomic E-state index is 0.00768. The van der Waals surface area contributed by atoms with E-state index < -0.39 is 0 Å². The first kappa shape index (κ1) is 32.7. The summed E-state index contributed by atoms with van der Waals surface area (Å²) in [5.41, 5.74) is 19.5. The highest BCUT2D eigenvalue weighted by molar-refractivity contribution is 8.00. The fraction of sp³-hybridized carbons (Fsp3) is 0.561. The molecule has 0 unspecified atom stereocenters. The molecule has 3 aromatic carbocycles. The molecule has 0 saturated heterocycles. The zero-order chi connectivity index (χ0) is 32.0. The van der Waals surface area contributed by atoms with Crippen LogP contribution in [0, 0.1) is 5.41 Å². The molecule has 12 bridgehead atoms. The molecule has 0 spiro atoms. The average molecular weight is 733 g/mol. The zero-order valence-electron chi connectivity index (χ0n) is 28.5. The van der Waals surface area contributed by atoms with Gasteiger partial charge in [-0.25, -0.2) is 0 Å². The molecule has 0 aromatic heterocycles. The van der Waals surface area contributed by atoms with Gasteiger partial charge in [-0.05, 0) is 121 Å². The van der Waals surface area contributed by atoms with Gasteiger partial charge in [0.05, 0.1) is 0 Å². The van der Waals surface area contributed by atoms with E-state index in [1.807, 2.05) is 0 Å². The van der Waals surface area contributed by atoms with Crippen LogP contribution in [0.3, 0.4) is 0 Å². The number of hydrogen-bond donors (Lipinski definition) is 0. The molecule has 47 heavy (non-hydrogen) atoms. The Morgan fingerprint density at radius 2 is 0.532 bits per heavy atom. The fourth-order valence-corrected chi connectivity index (χ4v) is 17.2. The predicted octanol–water partition coefficient (Wildman–Crippen LogP) is 11.6. The molecule has 9 rings (SSSR count). The Labute approximate surface area is 309 Å². The molecule has 0 nitrogen and oxygen atoms in total. The molecular weight excluding hydrogens is 685 g/mol. The van der Waals surface area contributed by atoms with Crippen molar-refractivity contribution in [3.63, 3.8) is 0 Å². The Balaban J connectivity index is 1.42. The molecule has 0 atom stereocenters. The van der Waals surface area contributed by atoms with E-state index in [1.165, 1.54) is 53.8 Å². The fourth-order valence-electron chi connectivity index (χ4n) is 10.8. The third-order valence-electron chi connectivity index (χ3n) is 13.5. The minimum atomic E-state index is -0.0494. The lowest BCUT2D eigenvalue weighted by atomic mass is 9.52. The van der Waals surface area contributed by atoms with Crippen molar-refractivity contribution in [1.82, 2.24) is 0 Å². The molecule has 248 valence electrons. The van der Waals surface area contributed by atoms with Gasteiger partial charge in [0.15, 0.2) is 0 Å². The summed E-state index contributed by atoms with van der Waals surface area (Å²) >= 11 is 13.1. The highest BCUT2D eigenvalue weighted by Crippen LogP contribution is 2.82. The van der Waals surface area contributed by atoms with E-state index >= 15 is 0 Å². The highest BCUT2D eigenvalue weighted by atomic mass is 32.2. The van der Waals surface area contributed by atoms with E-state index in [0.29, 0.717) is 0 Å². The van der Waals surface area contributed by atoms with Gasteiger partial charge in [0.1, 0.15) is 0 Å². The Morgan fingerprint density at radius 1 is 0.340 bits per heavy atom. The van der Waals surface area contributed by atoms with Gasteiger partial charge < -0.3 is 0 Å². The molecule has 0 fully saturated rings. The lowest BCUT2D eigenvalue weighted by Crippen LogP contribution is -2.51. The van der Waals surface area contributed by atoms with Crippen molar-refractivity contribution in [2.45, 2.75) is 97.7 Å². The summed E-state index contributed by atoms with van der Waals surface area (Å²) < 4.78 is 0. The van der Waals surface area contributed by atoms with Gasteiger partial charge in [-0.2, -0.15) is 70.6 Å². The van der Waals surface area contributed by atoms with Crippen molar-refractivity contribution in [3.8, 4) is 0 Å². The monoisotopic (exact) mass is 732 g/mol. The molecule has 3 aliphatic heterocycles. The van der Waals surface area contributed by atoms with Gasteiger partial charge in [0.2, 0.25) is 0 Å². The van der Waals surface area contributed by atoms with Crippen molar-refractivity contribution in [2.75, 3.05) is 34.5 Å². The second-order valence-corrected chi connectivity index (χ2v) is 22.0. The summed E-state index contributed by atoms with van der Waals surface area (Å²) in [5, 5.41) is 0. The number of fused-ring (bicyclic) bond motifs is 9. The predicted molar refractivity (Wildman–Crippen MR) is 218 cm³/mol. The van der Waals surface area contributed by atoms with Crippen LogP contribution >= 0.6 is 70.6 Å². The van der Waals surface area contributed by atoms with Crippen LogP contribution in [-0.2, 0) is 50.8 Å². The number of thioether (sulfide) groups is 6. The van der Waals surface area contributed by atoms with E-state index in [9.17, 15) is 0 Å². The van der Waals surface area contributed by atoms with Crippen LogP contribution < -0.4 is 0 Å². The maximum absolute atomic E-state index is 2.77. The molecule has 6 heteroatoms. The van der Waals surface area contributed by atoms with Gasteiger partial charge in [0, 0.05) is 56.2 Å². The lowest BCUT2D eigenvalue weighted by Gasteiger charge is -2.49. The number of rotatable bonds is 0. The summed E-state index contributed by atoms with van der Waals surface area (Å²) in [7, 11) is 0. The van der Waals surface area contributed by atoms with Crippen LogP contribution in [0.15, 0.2) is 36.4 Å². The molecule has 6 aliphatic rings. The zero-order valence-corrected chi connectivity index (χ0v) is 33.4. The van der Waals surface area contributed by atoms with Crippen LogP contribution in [0.1, 0.15) is 114 Å². The normalized spacial score (nSPS) is 32.9. The van der Waals surface area contributed by atoms with Gasteiger partial charge in [-0.1, -0.05) is 64.1 Å². The topological polar surface area (TPSA) is 0 Å². The van der Waals surface area contributed by atoms with Crippen LogP contribution in [0.4, 0.5) is 0 Å². The summed E-state index contributed by atoms with van der Waals surface area (Å²) in [6.07, 6.45) is 3.92. The van der Waals surface area contributed by atoms with Gasteiger partial charge in [-0.3, -0.25) is 0 Å². The average Bonchev–Trinajstić information content (AvgIpc) is 3.41. The van der Waals surface area contributed by atoms with E-state index in [4.69, 9.17) is 0 Å². The van der Waals surface area contributed by atoms with Gasteiger partial charge >= 0.3 is 0 Å². The first-order chi connectivity index (χ1) is 22.8. The molecule has 0 N–H and O–H groups in total. The third kappa shape index (κ3) is 4.42. The molecular formula is C41H48S6. The smallest absolute Gasteiger partial charge is 0.0258 e. The van der Waals surface area contributed by atoms with Crippen LogP contribution in [0.25, 0.3) is 0 Å². The van der Waals surface area contributed by atoms with Gasteiger partial charge in [-0.15, -0.1) is 0 Å².